The number of allylic oxidation sites excluding steroid dienone is 1. The molecule has 2 aliphatic rings. The van der Waals surface area contributed by atoms with E-state index in [1.54, 1.807) is 0 Å². The lowest BCUT2D eigenvalue weighted by Crippen LogP contribution is -2.54. The van der Waals surface area contributed by atoms with Crippen LogP contribution in [-0.4, -0.2) is 22.9 Å². The van der Waals surface area contributed by atoms with Crippen LogP contribution in [0.3, 0.4) is 0 Å². The zero-order valence-corrected chi connectivity index (χ0v) is 15.1. The highest BCUT2D eigenvalue weighted by molar-refractivity contribution is 5.16. The van der Waals surface area contributed by atoms with Crippen molar-refractivity contribution in [3.8, 4) is 0 Å². The molecular formula is C20H36O2. The molecule has 2 saturated carbocycles. The highest BCUT2D eigenvalue weighted by Crippen LogP contribution is 2.61. The standard InChI is InChI=1S/C20H36O2/c1-14(11-13-21)6-8-16-15(2)7-9-17-19(3,4)18(22)10-12-20(16,17)5/h14,16-18,21-22H,2,6-13H2,1,3-5H3/t14-,16-,17-,18-,20+/m0/s1. The molecular weight excluding hydrogens is 272 g/mol. The van der Waals surface area contributed by atoms with E-state index in [-0.39, 0.29) is 16.9 Å². The lowest BCUT2D eigenvalue weighted by Gasteiger charge is -2.59. The first kappa shape index (κ1) is 18.0. The van der Waals surface area contributed by atoms with Crippen LogP contribution in [0.1, 0.15) is 72.6 Å². The van der Waals surface area contributed by atoms with Gasteiger partial charge >= 0.3 is 0 Å². The van der Waals surface area contributed by atoms with E-state index in [1.807, 2.05) is 0 Å². The summed E-state index contributed by atoms with van der Waals surface area (Å²) in [7, 11) is 0. The van der Waals surface area contributed by atoms with Crippen molar-refractivity contribution in [1.29, 1.82) is 0 Å². The van der Waals surface area contributed by atoms with E-state index in [4.69, 9.17) is 5.11 Å². The number of aliphatic hydroxyl groups excluding tert-OH is 2. The van der Waals surface area contributed by atoms with E-state index < -0.39 is 0 Å². The molecule has 0 aromatic rings. The molecule has 2 heteroatoms. The van der Waals surface area contributed by atoms with E-state index in [2.05, 4.69) is 34.3 Å². The van der Waals surface area contributed by atoms with Gasteiger partial charge in [0.2, 0.25) is 0 Å². The highest BCUT2D eigenvalue weighted by Gasteiger charge is 2.55. The lowest BCUT2D eigenvalue weighted by atomic mass is 9.46. The molecule has 2 N–H and O–H groups in total. The fraction of sp³-hybridized carbons (Fsp3) is 0.900. The maximum Gasteiger partial charge on any atom is 0.0594 e. The van der Waals surface area contributed by atoms with Gasteiger partial charge in [0.15, 0.2) is 0 Å². The molecule has 0 bridgehead atoms. The monoisotopic (exact) mass is 308 g/mol. The van der Waals surface area contributed by atoms with Crippen LogP contribution in [0.15, 0.2) is 12.2 Å². The second-order valence-corrected chi connectivity index (χ2v) is 8.88. The molecule has 0 radical (unpaired) electrons. The Morgan fingerprint density at radius 2 is 1.91 bits per heavy atom. The van der Waals surface area contributed by atoms with E-state index in [0.29, 0.717) is 24.4 Å². The Bertz CT molecular complexity index is 401. The topological polar surface area (TPSA) is 40.5 Å². The van der Waals surface area contributed by atoms with Crippen LogP contribution in [-0.2, 0) is 0 Å². The van der Waals surface area contributed by atoms with E-state index in [9.17, 15) is 5.11 Å². The summed E-state index contributed by atoms with van der Waals surface area (Å²) < 4.78 is 0. The van der Waals surface area contributed by atoms with Crippen molar-refractivity contribution < 1.29 is 10.2 Å². The minimum absolute atomic E-state index is 0.0165. The van der Waals surface area contributed by atoms with Gasteiger partial charge in [0.25, 0.3) is 0 Å². The summed E-state index contributed by atoms with van der Waals surface area (Å²) in [5, 5.41) is 19.6. The fourth-order valence-corrected chi connectivity index (χ4v) is 5.51. The molecule has 0 aliphatic heterocycles. The Hall–Kier alpha value is -0.340. The Kier molecular flexibility index (Phi) is 5.44. The van der Waals surface area contributed by atoms with Crippen molar-refractivity contribution in [1.82, 2.24) is 0 Å². The van der Waals surface area contributed by atoms with Gasteiger partial charge in [-0.1, -0.05) is 46.3 Å². The summed E-state index contributed by atoms with van der Waals surface area (Å²) >= 11 is 0. The minimum atomic E-state index is -0.161. The van der Waals surface area contributed by atoms with Crippen LogP contribution in [0.25, 0.3) is 0 Å². The zero-order chi connectivity index (χ0) is 16.5. The molecule has 128 valence electrons. The summed E-state index contributed by atoms with van der Waals surface area (Å²) in [5.74, 6) is 1.76. The molecule has 0 unspecified atom stereocenters. The molecule has 2 aliphatic carbocycles. The summed E-state index contributed by atoms with van der Waals surface area (Å²) in [6, 6.07) is 0. The average Bonchev–Trinajstić information content (AvgIpc) is 2.43. The van der Waals surface area contributed by atoms with Crippen LogP contribution in [0.4, 0.5) is 0 Å². The number of hydrogen-bond donors (Lipinski definition) is 2. The van der Waals surface area contributed by atoms with Gasteiger partial charge in [0.1, 0.15) is 0 Å². The van der Waals surface area contributed by atoms with E-state index >= 15 is 0 Å². The van der Waals surface area contributed by atoms with Crippen LogP contribution in [0.2, 0.25) is 0 Å². The van der Waals surface area contributed by atoms with Crippen molar-refractivity contribution in [2.24, 2.45) is 28.6 Å². The van der Waals surface area contributed by atoms with Crippen LogP contribution < -0.4 is 0 Å². The molecule has 0 saturated heterocycles. The van der Waals surface area contributed by atoms with Crippen molar-refractivity contribution >= 4 is 0 Å². The quantitative estimate of drug-likeness (QED) is 0.731. The van der Waals surface area contributed by atoms with Crippen molar-refractivity contribution in [2.45, 2.75) is 78.7 Å². The Morgan fingerprint density at radius 1 is 1.23 bits per heavy atom. The summed E-state index contributed by atoms with van der Waals surface area (Å²) in [6.07, 6.45) is 7.47. The number of aliphatic hydroxyl groups is 2. The van der Waals surface area contributed by atoms with Crippen molar-refractivity contribution in [3.63, 3.8) is 0 Å². The smallest absolute Gasteiger partial charge is 0.0594 e. The second-order valence-electron chi connectivity index (χ2n) is 8.88. The number of rotatable bonds is 5. The predicted molar refractivity (Wildman–Crippen MR) is 92.6 cm³/mol. The largest absolute Gasteiger partial charge is 0.396 e. The Balaban J connectivity index is 2.16. The molecule has 0 amide bonds. The summed E-state index contributed by atoms with van der Waals surface area (Å²) in [5.41, 5.74) is 1.74. The van der Waals surface area contributed by atoms with Gasteiger partial charge in [-0.15, -0.1) is 0 Å². The molecule has 5 atom stereocenters. The summed E-state index contributed by atoms with van der Waals surface area (Å²) in [6.45, 7) is 13.9. The van der Waals surface area contributed by atoms with Crippen molar-refractivity contribution in [2.75, 3.05) is 6.61 Å². The van der Waals surface area contributed by atoms with E-state index in [0.717, 1.165) is 25.7 Å². The van der Waals surface area contributed by atoms with Gasteiger partial charge in [-0.2, -0.15) is 0 Å². The van der Waals surface area contributed by atoms with E-state index in [1.165, 1.54) is 24.8 Å². The maximum atomic E-state index is 10.5. The maximum absolute atomic E-state index is 10.5. The number of hydrogen-bond acceptors (Lipinski definition) is 2. The molecule has 0 aromatic carbocycles. The average molecular weight is 309 g/mol. The zero-order valence-electron chi connectivity index (χ0n) is 15.1. The Morgan fingerprint density at radius 3 is 2.55 bits per heavy atom. The van der Waals surface area contributed by atoms with Crippen LogP contribution in [0.5, 0.6) is 0 Å². The highest BCUT2D eigenvalue weighted by atomic mass is 16.3. The molecule has 0 spiro atoms. The second kappa shape index (κ2) is 6.65. The molecule has 2 nitrogen and oxygen atoms in total. The van der Waals surface area contributed by atoms with Gasteiger partial charge in [-0.3, -0.25) is 0 Å². The molecule has 0 aromatic heterocycles. The fourth-order valence-electron chi connectivity index (χ4n) is 5.51. The summed E-state index contributed by atoms with van der Waals surface area (Å²) in [4.78, 5) is 0. The molecule has 2 fully saturated rings. The lowest BCUT2D eigenvalue weighted by molar-refractivity contribution is -0.125. The van der Waals surface area contributed by atoms with Gasteiger partial charge < -0.3 is 10.2 Å². The van der Waals surface area contributed by atoms with Crippen LogP contribution >= 0.6 is 0 Å². The van der Waals surface area contributed by atoms with Gasteiger partial charge in [-0.05, 0) is 67.1 Å². The van der Waals surface area contributed by atoms with Crippen molar-refractivity contribution in [3.05, 3.63) is 12.2 Å². The molecule has 0 heterocycles. The predicted octanol–water partition coefficient (Wildman–Crippen LogP) is 4.55. The molecule has 22 heavy (non-hydrogen) atoms. The first-order valence-corrected chi connectivity index (χ1v) is 9.20. The first-order chi connectivity index (χ1) is 10.2. The first-order valence-electron chi connectivity index (χ1n) is 9.20. The van der Waals surface area contributed by atoms with Gasteiger partial charge in [0, 0.05) is 6.61 Å². The van der Waals surface area contributed by atoms with Gasteiger partial charge in [0.05, 0.1) is 6.10 Å². The number of fused-ring (bicyclic) bond motifs is 1. The van der Waals surface area contributed by atoms with Gasteiger partial charge in [-0.25, -0.2) is 0 Å². The molecule has 2 rings (SSSR count). The SMILES string of the molecule is C=C1CC[C@H]2C(C)(C)[C@@H](O)CC[C@]2(C)[C@H]1CC[C@H](C)CCO. The minimum Gasteiger partial charge on any atom is -0.396 e. The Labute approximate surface area is 137 Å². The third kappa shape index (κ3) is 3.14. The third-order valence-corrected chi connectivity index (χ3v) is 7.12. The normalized spacial score (nSPS) is 39.4. The van der Waals surface area contributed by atoms with Crippen LogP contribution in [0, 0.1) is 28.6 Å². The third-order valence-electron chi connectivity index (χ3n) is 7.12.